The lowest BCUT2D eigenvalue weighted by Gasteiger charge is -2.36. The lowest BCUT2D eigenvalue weighted by Crippen LogP contribution is -2.43. The van der Waals surface area contributed by atoms with Crippen LogP contribution in [0.2, 0.25) is 0 Å². The number of hydrogen-bond acceptors (Lipinski definition) is 7. The molecule has 0 radical (unpaired) electrons. The Morgan fingerprint density at radius 2 is 1.90 bits per heavy atom. The van der Waals surface area contributed by atoms with Crippen molar-refractivity contribution in [2.45, 2.75) is 30.0 Å². The Morgan fingerprint density at radius 1 is 1.12 bits per heavy atom. The molecule has 1 aliphatic heterocycles. The summed E-state index contributed by atoms with van der Waals surface area (Å²) in [5.41, 5.74) is -1.45. The lowest BCUT2D eigenvalue weighted by atomic mass is 10.0. The number of H-pyrrole nitrogens is 1. The number of aromatic amines is 1. The molecule has 216 valence electrons. The van der Waals surface area contributed by atoms with Gasteiger partial charge in [-0.3, -0.25) is 4.31 Å². The third-order valence-electron chi connectivity index (χ3n) is 6.34. The van der Waals surface area contributed by atoms with Crippen LogP contribution < -0.4 is 19.5 Å². The molecular weight excluding hydrogens is 577 g/mol. The number of aromatic nitrogens is 2. The standard InChI is InChI=1S/C26H20F5N3O6S/c1-38-22-12-16(27)11-19(24(22)28)14-5-7-21-20(9-14)34(13-17(39-21)6-8-23-32-33-25(35)40-23)41(36,37)18-4-2-3-15(10-18)26(29,30)31/h2-5,7,9-12,17H,6,8,13H2,1H3,(H,33,35)/t17-/m0/s1. The van der Waals surface area contributed by atoms with Crippen molar-refractivity contribution in [1.82, 2.24) is 10.2 Å². The maximum absolute atomic E-state index is 15.0. The van der Waals surface area contributed by atoms with Crippen LogP contribution in [0.5, 0.6) is 11.5 Å². The van der Waals surface area contributed by atoms with Crippen LogP contribution in [0, 0.1) is 11.6 Å². The SMILES string of the molecule is COc1cc(F)cc(-c2ccc3c(c2)N(S(=O)(=O)c2cccc(C(F)(F)F)c2)C[C@H](CCc2n[nH]c(=O)o2)O3)c1F. The largest absolute Gasteiger partial charge is 0.494 e. The molecule has 0 aliphatic carbocycles. The van der Waals surface area contributed by atoms with Crippen LogP contribution >= 0.6 is 0 Å². The number of rotatable bonds is 7. The summed E-state index contributed by atoms with van der Waals surface area (Å²) < 4.78 is 114. The van der Waals surface area contributed by atoms with Crippen molar-refractivity contribution < 1.29 is 44.3 Å². The Balaban J connectivity index is 1.59. The Hall–Kier alpha value is -4.40. The first-order chi connectivity index (χ1) is 19.4. The molecule has 0 saturated carbocycles. The Kier molecular flexibility index (Phi) is 7.23. The molecule has 2 heterocycles. The van der Waals surface area contributed by atoms with E-state index in [4.69, 9.17) is 13.9 Å². The van der Waals surface area contributed by atoms with Gasteiger partial charge in [0.05, 0.1) is 29.8 Å². The number of methoxy groups -OCH3 is 1. The number of alkyl halides is 3. The Morgan fingerprint density at radius 3 is 2.59 bits per heavy atom. The average molecular weight is 598 g/mol. The molecule has 0 unspecified atom stereocenters. The predicted octanol–water partition coefficient (Wildman–Crippen LogP) is 4.92. The van der Waals surface area contributed by atoms with Crippen LogP contribution in [0.1, 0.15) is 17.9 Å². The van der Waals surface area contributed by atoms with E-state index >= 15 is 4.39 Å². The number of nitrogens with zero attached hydrogens (tertiary/aromatic N) is 2. The minimum absolute atomic E-state index is 0.0211. The smallest absolute Gasteiger partial charge is 0.434 e. The van der Waals surface area contributed by atoms with Crippen LogP contribution in [0.25, 0.3) is 11.1 Å². The first-order valence-corrected chi connectivity index (χ1v) is 13.4. The molecule has 0 spiro atoms. The second kappa shape index (κ2) is 10.5. The van der Waals surface area contributed by atoms with E-state index in [1.807, 2.05) is 0 Å². The van der Waals surface area contributed by atoms with Crippen LogP contribution in [-0.2, 0) is 22.6 Å². The van der Waals surface area contributed by atoms with Crippen molar-refractivity contribution >= 4 is 15.7 Å². The van der Waals surface area contributed by atoms with E-state index in [9.17, 15) is 30.8 Å². The quantitative estimate of drug-likeness (QED) is 0.301. The topological polar surface area (TPSA) is 115 Å². The summed E-state index contributed by atoms with van der Waals surface area (Å²) >= 11 is 0. The van der Waals surface area contributed by atoms with Crippen LogP contribution in [0.4, 0.5) is 27.6 Å². The number of sulfonamides is 1. The summed E-state index contributed by atoms with van der Waals surface area (Å²) in [5, 5.41) is 5.80. The molecule has 15 heteroatoms. The first-order valence-electron chi connectivity index (χ1n) is 12.0. The number of halogens is 5. The van der Waals surface area contributed by atoms with Gasteiger partial charge >= 0.3 is 11.9 Å². The van der Waals surface area contributed by atoms with Crippen molar-refractivity contribution in [2.75, 3.05) is 18.0 Å². The van der Waals surface area contributed by atoms with E-state index in [0.29, 0.717) is 6.07 Å². The van der Waals surface area contributed by atoms with Gasteiger partial charge in [-0.25, -0.2) is 27.1 Å². The third-order valence-corrected chi connectivity index (χ3v) is 8.11. The van der Waals surface area contributed by atoms with E-state index in [1.54, 1.807) is 0 Å². The van der Waals surface area contributed by atoms with Gasteiger partial charge in [0.2, 0.25) is 5.89 Å². The molecule has 41 heavy (non-hydrogen) atoms. The van der Waals surface area contributed by atoms with Crippen LogP contribution in [-0.4, -0.2) is 38.4 Å². The van der Waals surface area contributed by atoms with Crippen LogP contribution in [0.3, 0.4) is 0 Å². The van der Waals surface area contributed by atoms with E-state index < -0.39 is 50.2 Å². The number of hydrogen-bond donors (Lipinski definition) is 1. The van der Waals surface area contributed by atoms with Gasteiger partial charge < -0.3 is 13.9 Å². The fourth-order valence-corrected chi connectivity index (χ4v) is 5.94. The van der Waals surface area contributed by atoms with Gasteiger partial charge in [-0.1, -0.05) is 12.1 Å². The number of ether oxygens (including phenoxy) is 2. The molecule has 0 saturated heterocycles. The Labute approximate surface area is 229 Å². The maximum Gasteiger partial charge on any atom is 0.434 e. The van der Waals surface area contributed by atoms with Crippen molar-refractivity contribution in [3.63, 3.8) is 0 Å². The van der Waals surface area contributed by atoms with E-state index in [1.165, 1.54) is 18.2 Å². The molecule has 9 nitrogen and oxygen atoms in total. The van der Waals surface area contributed by atoms with Gasteiger partial charge in [-0.05, 0) is 48.4 Å². The molecule has 4 aromatic rings. The molecule has 5 rings (SSSR count). The van der Waals surface area contributed by atoms with Gasteiger partial charge in [-0.2, -0.15) is 13.2 Å². The minimum Gasteiger partial charge on any atom is -0.494 e. The summed E-state index contributed by atoms with van der Waals surface area (Å²) in [4.78, 5) is 10.6. The molecule has 3 aromatic carbocycles. The fourth-order valence-electron chi connectivity index (χ4n) is 4.39. The van der Waals surface area contributed by atoms with Gasteiger partial charge in [0.25, 0.3) is 10.0 Å². The monoisotopic (exact) mass is 597 g/mol. The number of anilines is 1. The van der Waals surface area contributed by atoms with Gasteiger partial charge in [-0.15, -0.1) is 5.10 Å². The second-order valence-electron chi connectivity index (χ2n) is 9.00. The van der Waals surface area contributed by atoms with Crippen molar-refractivity contribution in [2.24, 2.45) is 0 Å². The molecule has 0 amide bonds. The van der Waals surface area contributed by atoms with Crippen molar-refractivity contribution in [3.05, 3.63) is 88.2 Å². The summed E-state index contributed by atoms with van der Waals surface area (Å²) in [5.74, 6) is -2.82. The highest BCUT2D eigenvalue weighted by Crippen LogP contribution is 2.42. The summed E-state index contributed by atoms with van der Waals surface area (Å²) in [7, 11) is -3.48. The number of fused-ring (bicyclic) bond motifs is 1. The minimum atomic E-state index is -4.80. The van der Waals surface area contributed by atoms with Crippen molar-refractivity contribution in [1.29, 1.82) is 0 Å². The van der Waals surface area contributed by atoms with Crippen molar-refractivity contribution in [3.8, 4) is 22.6 Å². The zero-order valence-electron chi connectivity index (χ0n) is 21.0. The average Bonchev–Trinajstić information content (AvgIpc) is 3.36. The first kappa shape index (κ1) is 28.1. The van der Waals surface area contributed by atoms with E-state index in [0.717, 1.165) is 41.7 Å². The third kappa shape index (κ3) is 5.62. The summed E-state index contributed by atoms with van der Waals surface area (Å²) in [6.45, 7) is -0.362. The maximum atomic E-state index is 15.0. The van der Waals surface area contributed by atoms with Crippen LogP contribution in [0.15, 0.2) is 68.7 Å². The summed E-state index contributed by atoms with van der Waals surface area (Å²) in [6.07, 6.45) is -5.46. The molecule has 0 fully saturated rings. The number of aryl methyl sites for hydroxylation is 1. The normalized spacial score (nSPS) is 15.4. The predicted molar refractivity (Wildman–Crippen MR) is 134 cm³/mol. The fraction of sp³-hybridized carbons (Fsp3) is 0.231. The molecule has 1 N–H and O–H groups in total. The van der Waals surface area contributed by atoms with E-state index in [-0.39, 0.29) is 53.6 Å². The molecule has 1 aliphatic rings. The molecule has 0 bridgehead atoms. The van der Waals surface area contributed by atoms with Gasteiger partial charge in [0.15, 0.2) is 11.6 Å². The lowest BCUT2D eigenvalue weighted by molar-refractivity contribution is -0.137. The highest BCUT2D eigenvalue weighted by Gasteiger charge is 2.37. The zero-order valence-corrected chi connectivity index (χ0v) is 21.9. The van der Waals surface area contributed by atoms with E-state index in [2.05, 4.69) is 10.2 Å². The van der Waals surface area contributed by atoms with Gasteiger partial charge in [0, 0.05) is 18.1 Å². The highest BCUT2D eigenvalue weighted by molar-refractivity contribution is 7.92. The van der Waals surface area contributed by atoms with Gasteiger partial charge in [0.1, 0.15) is 17.7 Å². The second-order valence-corrected chi connectivity index (χ2v) is 10.9. The number of benzene rings is 3. The summed E-state index contributed by atoms with van der Waals surface area (Å²) in [6, 6.07) is 8.95. The highest BCUT2D eigenvalue weighted by atomic mass is 32.2. The molecular formula is C26H20F5N3O6S. The Bertz CT molecular complexity index is 1770. The zero-order chi connectivity index (χ0) is 29.5. The molecule has 1 aromatic heterocycles. The molecule has 1 atom stereocenters. The number of nitrogens with one attached hydrogen (secondary N) is 1.